The molecule has 1 aromatic carbocycles. The average Bonchev–Trinajstić information content (AvgIpc) is 2.33. The highest BCUT2D eigenvalue weighted by Crippen LogP contribution is 2.03. The number of nitrogens with two attached hydrogens (primary N) is 1. The number of rotatable bonds is 7. The lowest BCUT2D eigenvalue weighted by Gasteiger charge is -2.05. The Morgan fingerprint density at radius 1 is 1.30 bits per heavy atom. The van der Waals surface area contributed by atoms with E-state index in [0.29, 0.717) is 19.1 Å². The molecule has 0 saturated carbocycles. The van der Waals surface area contributed by atoms with Gasteiger partial charge >= 0.3 is 0 Å². The van der Waals surface area contributed by atoms with Crippen molar-refractivity contribution in [1.29, 1.82) is 0 Å². The van der Waals surface area contributed by atoms with Crippen molar-refractivity contribution >= 4 is 45.5 Å². The first-order valence-electron chi connectivity index (χ1n) is 5.85. The van der Waals surface area contributed by atoms with E-state index in [1.54, 1.807) is 0 Å². The summed E-state index contributed by atoms with van der Waals surface area (Å²) in [4.78, 5) is 4.06. The molecule has 1 rings (SSSR count). The third kappa shape index (κ3) is 9.98. The summed E-state index contributed by atoms with van der Waals surface area (Å²) in [6.07, 6.45) is 1.18. The smallest absolute Gasteiger partial charge is 0.193 e. The van der Waals surface area contributed by atoms with Crippen molar-refractivity contribution in [2.75, 3.05) is 37.1 Å². The van der Waals surface area contributed by atoms with Gasteiger partial charge in [-0.3, -0.25) is 4.99 Å². The van der Waals surface area contributed by atoms with Crippen molar-refractivity contribution in [1.82, 2.24) is 0 Å². The minimum Gasteiger partial charge on any atom is -0.378 e. The zero-order chi connectivity index (χ0) is 14.1. The van der Waals surface area contributed by atoms with Gasteiger partial charge in [0.2, 0.25) is 0 Å². The summed E-state index contributed by atoms with van der Waals surface area (Å²) in [6, 6.07) is 9.46. The minimum atomic E-state index is -2.97. The van der Waals surface area contributed by atoms with E-state index < -0.39 is 9.84 Å². The van der Waals surface area contributed by atoms with E-state index in [1.807, 2.05) is 30.3 Å². The molecule has 0 aromatic heterocycles. The largest absolute Gasteiger partial charge is 0.378 e. The maximum atomic E-state index is 10.8. The first-order chi connectivity index (χ1) is 8.97. The number of nitrogens with zero attached hydrogens (tertiary/aromatic N) is 1. The van der Waals surface area contributed by atoms with Crippen LogP contribution in [-0.4, -0.2) is 46.1 Å². The minimum absolute atomic E-state index is 0. The zero-order valence-electron chi connectivity index (χ0n) is 11.3. The van der Waals surface area contributed by atoms with Crippen molar-refractivity contribution in [2.24, 2.45) is 10.7 Å². The number of sulfone groups is 1. The lowest BCUT2D eigenvalue weighted by Crippen LogP contribution is -2.23. The number of guanidine groups is 1. The highest BCUT2D eigenvalue weighted by atomic mass is 127. The number of hydrogen-bond acceptors (Lipinski definition) is 4. The van der Waals surface area contributed by atoms with Gasteiger partial charge in [-0.2, -0.15) is 0 Å². The Hall–Kier alpha value is -0.870. The number of ether oxygens (including phenoxy) is 1. The number of aliphatic imine (C=N–C) groups is 1. The monoisotopic (exact) mass is 413 g/mol. The van der Waals surface area contributed by atoms with Gasteiger partial charge in [0.05, 0.1) is 25.5 Å². The van der Waals surface area contributed by atoms with Crippen LogP contribution in [0, 0.1) is 0 Å². The topological polar surface area (TPSA) is 93.8 Å². The summed E-state index contributed by atoms with van der Waals surface area (Å²) >= 11 is 0. The number of hydrogen-bond donors (Lipinski definition) is 2. The third-order valence-corrected chi connectivity index (χ3v) is 3.07. The van der Waals surface area contributed by atoms with Gasteiger partial charge in [0.15, 0.2) is 5.96 Å². The van der Waals surface area contributed by atoms with E-state index >= 15 is 0 Å². The molecule has 0 aliphatic carbocycles. The Labute approximate surface area is 136 Å². The molecule has 20 heavy (non-hydrogen) atoms. The van der Waals surface area contributed by atoms with E-state index in [9.17, 15) is 8.42 Å². The van der Waals surface area contributed by atoms with E-state index in [1.165, 1.54) is 6.26 Å². The van der Waals surface area contributed by atoms with Crippen LogP contribution in [0.4, 0.5) is 5.69 Å². The molecule has 0 bridgehead atoms. The highest BCUT2D eigenvalue weighted by molar-refractivity contribution is 14.0. The molecule has 0 heterocycles. The van der Waals surface area contributed by atoms with Crippen molar-refractivity contribution < 1.29 is 13.2 Å². The van der Waals surface area contributed by atoms with Crippen molar-refractivity contribution in [3.8, 4) is 0 Å². The number of benzene rings is 1. The number of halogens is 1. The SMILES string of the molecule is CS(=O)(=O)CCOCCN=C(N)Nc1ccccc1.I. The predicted octanol–water partition coefficient (Wildman–Crippen LogP) is 1.09. The van der Waals surface area contributed by atoms with Gasteiger partial charge in [-0.05, 0) is 12.1 Å². The fourth-order valence-electron chi connectivity index (χ4n) is 1.25. The maximum Gasteiger partial charge on any atom is 0.193 e. The molecular weight excluding hydrogens is 393 g/mol. The fraction of sp³-hybridized carbons (Fsp3) is 0.417. The molecule has 0 saturated heterocycles. The van der Waals surface area contributed by atoms with Crippen LogP contribution in [0.1, 0.15) is 0 Å². The molecule has 0 aliphatic rings. The quantitative estimate of drug-likeness (QED) is 0.302. The van der Waals surface area contributed by atoms with Gasteiger partial charge in [0.25, 0.3) is 0 Å². The Morgan fingerprint density at radius 2 is 1.95 bits per heavy atom. The summed E-state index contributed by atoms with van der Waals surface area (Å²) in [7, 11) is -2.97. The normalized spacial score (nSPS) is 11.8. The van der Waals surface area contributed by atoms with Gasteiger partial charge < -0.3 is 15.8 Å². The highest BCUT2D eigenvalue weighted by Gasteiger charge is 2.00. The number of para-hydroxylation sites is 1. The van der Waals surface area contributed by atoms with Gasteiger partial charge in [-0.1, -0.05) is 18.2 Å². The molecule has 6 nitrogen and oxygen atoms in total. The van der Waals surface area contributed by atoms with Crippen LogP contribution in [0.15, 0.2) is 35.3 Å². The second-order valence-electron chi connectivity index (χ2n) is 4.00. The van der Waals surface area contributed by atoms with Crippen LogP contribution in [0.2, 0.25) is 0 Å². The molecule has 8 heteroatoms. The van der Waals surface area contributed by atoms with Gasteiger partial charge in [0, 0.05) is 11.9 Å². The summed E-state index contributed by atoms with van der Waals surface area (Å²) < 4.78 is 26.8. The van der Waals surface area contributed by atoms with E-state index in [2.05, 4.69) is 10.3 Å². The zero-order valence-corrected chi connectivity index (χ0v) is 14.4. The first-order valence-corrected chi connectivity index (χ1v) is 7.91. The van der Waals surface area contributed by atoms with Crippen LogP contribution in [-0.2, 0) is 14.6 Å². The first kappa shape index (κ1) is 19.1. The fourth-order valence-corrected chi connectivity index (χ4v) is 1.67. The van der Waals surface area contributed by atoms with Crippen molar-refractivity contribution in [2.45, 2.75) is 0 Å². The predicted molar refractivity (Wildman–Crippen MR) is 92.5 cm³/mol. The molecule has 3 N–H and O–H groups in total. The molecule has 0 aliphatic heterocycles. The molecule has 1 aromatic rings. The lowest BCUT2D eigenvalue weighted by molar-refractivity contribution is 0.157. The molecule has 0 fully saturated rings. The van der Waals surface area contributed by atoms with E-state index in [-0.39, 0.29) is 36.3 Å². The number of nitrogens with one attached hydrogen (secondary N) is 1. The molecule has 0 atom stereocenters. The van der Waals surface area contributed by atoms with Crippen LogP contribution >= 0.6 is 24.0 Å². The standard InChI is InChI=1S/C12H19N3O3S.HI/c1-19(16,17)10-9-18-8-7-14-12(13)15-11-5-3-2-4-6-11;/h2-6H,7-10H2,1H3,(H3,13,14,15);1H. The van der Waals surface area contributed by atoms with E-state index in [4.69, 9.17) is 10.5 Å². The Bertz CT molecular complexity index is 506. The summed E-state index contributed by atoms with van der Waals surface area (Å²) in [5.41, 5.74) is 6.54. The lowest BCUT2D eigenvalue weighted by atomic mass is 10.3. The van der Waals surface area contributed by atoms with Crippen LogP contribution in [0.5, 0.6) is 0 Å². The number of anilines is 1. The molecule has 0 radical (unpaired) electrons. The van der Waals surface area contributed by atoms with Crippen LogP contribution in [0.25, 0.3) is 0 Å². The Kier molecular flexibility index (Phi) is 9.51. The molecule has 0 amide bonds. The molecular formula is C12H20IN3O3S. The van der Waals surface area contributed by atoms with Crippen molar-refractivity contribution in [3.05, 3.63) is 30.3 Å². The molecule has 0 spiro atoms. The second-order valence-corrected chi connectivity index (χ2v) is 6.26. The van der Waals surface area contributed by atoms with Gasteiger partial charge in [-0.25, -0.2) is 8.42 Å². The average molecular weight is 413 g/mol. The Morgan fingerprint density at radius 3 is 2.55 bits per heavy atom. The van der Waals surface area contributed by atoms with E-state index in [0.717, 1.165) is 5.69 Å². The second kappa shape index (κ2) is 9.94. The van der Waals surface area contributed by atoms with Gasteiger partial charge in [0.1, 0.15) is 9.84 Å². The summed E-state index contributed by atoms with van der Waals surface area (Å²) in [5, 5.41) is 2.93. The summed E-state index contributed by atoms with van der Waals surface area (Å²) in [5.74, 6) is 0.326. The van der Waals surface area contributed by atoms with Gasteiger partial charge in [-0.15, -0.1) is 24.0 Å². The molecule has 0 unspecified atom stereocenters. The maximum absolute atomic E-state index is 10.8. The summed E-state index contributed by atoms with van der Waals surface area (Å²) in [6.45, 7) is 0.905. The van der Waals surface area contributed by atoms with Crippen LogP contribution < -0.4 is 11.1 Å². The Balaban J connectivity index is 0.00000361. The third-order valence-electron chi connectivity index (χ3n) is 2.16. The van der Waals surface area contributed by atoms with Crippen molar-refractivity contribution in [3.63, 3.8) is 0 Å². The van der Waals surface area contributed by atoms with Crippen LogP contribution in [0.3, 0.4) is 0 Å². The molecule has 114 valence electrons.